The van der Waals surface area contributed by atoms with Crippen molar-refractivity contribution >= 4 is 5.97 Å². The van der Waals surface area contributed by atoms with Gasteiger partial charge in [0.15, 0.2) is 0 Å². The van der Waals surface area contributed by atoms with E-state index >= 15 is 0 Å². The van der Waals surface area contributed by atoms with Crippen LogP contribution < -0.4 is 0 Å². The van der Waals surface area contributed by atoms with E-state index in [9.17, 15) is 4.79 Å². The summed E-state index contributed by atoms with van der Waals surface area (Å²) in [7, 11) is 0. The summed E-state index contributed by atoms with van der Waals surface area (Å²) in [4.78, 5) is 12.2. The van der Waals surface area contributed by atoms with Crippen molar-refractivity contribution in [2.45, 2.75) is 168 Å². The lowest BCUT2D eigenvalue weighted by Crippen LogP contribution is -2.13. The van der Waals surface area contributed by atoms with Crippen LogP contribution in [0.4, 0.5) is 0 Å². The molecule has 0 bridgehead atoms. The van der Waals surface area contributed by atoms with E-state index in [-0.39, 0.29) is 12.1 Å². The predicted octanol–water partition coefficient (Wildman–Crippen LogP) is 9.54. The summed E-state index contributed by atoms with van der Waals surface area (Å²) in [5.74, 6) is 0.638. The van der Waals surface area contributed by atoms with E-state index in [0.717, 1.165) is 12.8 Å². The van der Waals surface area contributed by atoms with Crippen LogP contribution in [0.25, 0.3) is 0 Å². The van der Waals surface area contributed by atoms with Crippen molar-refractivity contribution in [3.8, 4) is 0 Å². The van der Waals surface area contributed by atoms with Crippen LogP contribution in [0.2, 0.25) is 0 Å². The van der Waals surface area contributed by atoms with Gasteiger partial charge in [0.2, 0.25) is 0 Å². The second-order valence-corrected chi connectivity index (χ2v) is 9.99. The number of esters is 1. The summed E-state index contributed by atoms with van der Waals surface area (Å²) in [6, 6.07) is 0. The number of hydrogen-bond donors (Lipinski definition) is 0. The first-order valence-electron chi connectivity index (χ1n) is 14.0. The highest BCUT2D eigenvalue weighted by Gasteiger charge is 2.27. The van der Waals surface area contributed by atoms with Gasteiger partial charge in [0.25, 0.3) is 0 Å². The first kappa shape index (κ1) is 27.5. The van der Waals surface area contributed by atoms with Gasteiger partial charge in [-0.25, -0.2) is 0 Å². The van der Waals surface area contributed by atoms with Crippen molar-refractivity contribution in [3.63, 3.8) is 0 Å². The molecule has 1 saturated carbocycles. The molecule has 1 aliphatic carbocycles. The Morgan fingerprint density at radius 3 is 1.37 bits per heavy atom. The molecule has 0 aliphatic heterocycles. The number of ether oxygens (including phenoxy) is 1. The Kier molecular flexibility index (Phi) is 18.7. The number of rotatable bonds is 23. The molecule has 0 aromatic carbocycles. The zero-order valence-corrected chi connectivity index (χ0v) is 20.7. The third-order valence-corrected chi connectivity index (χ3v) is 6.71. The van der Waals surface area contributed by atoms with Crippen LogP contribution in [-0.2, 0) is 9.53 Å². The highest BCUT2D eigenvalue weighted by molar-refractivity contribution is 5.70. The number of carbonyl (C=O) groups excluding carboxylic acids is 1. The fraction of sp³-hybridized carbons (Fsp3) is 0.964. The van der Waals surface area contributed by atoms with Gasteiger partial charge >= 0.3 is 5.97 Å². The van der Waals surface area contributed by atoms with E-state index in [1.54, 1.807) is 0 Å². The first-order chi connectivity index (χ1) is 14.8. The molecule has 0 amide bonds. The monoisotopic (exact) mass is 422 g/mol. The van der Waals surface area contributed by atoms with E-state index in [0.29, 0.717) is 12.3 Å². The molecule has 178 valence electrons. The molecule has 0 heterocycles. The summed E-state index contributed by atoms with van der Waals surface area (Å²) in [6.07, 6.45) is 30.4. The quantitative estimate of drug-likeness (QED) is 0.121. The average molecular weight is 423 g/mol. The summed E-state index contributed by atoms with van der Waals surface area (Å²) in [6.45, 7) is 4.57. The predicted molar refractivity (Wildman–Crippen MR) is 131 cm³/mol. The van der Waals surface area contributed by atoms with Crippen molar-refractivity contribution in [2.75, 3.05) is 0 Å². The molecule has 0 aromatic rings. The second kappa shape index (κ2) is 20.4. The van der Waals surface area contributed by atoms with Gasteiger partial charge in [0.1, 0.15) is 6.10 Å². The number of carbonyl (C=O) groups is 1. The maximum absolute atomic E-state index is 12.2. The van der Waals surface area contributed by atoms with Crippen LogP contribution in [0.3, 0.4) is 0 Å². The zero-order valence-electron chi connectivity index (χ0n) is 20.7. The minimum Gasteiger partial charge on any atom is -0.462 e. The van der Waals surface area contributed by atoms with E-state index < -0.39 is 0 Å². The highest BCUT2D eigenvalue weighted by Crippen LogP contribution is 2.27. The molecule has 2 nitrogen and oxygen atoms in total. The van der Waals surface area contributed by atoms with Crippen LogP contribution in [0.1, 0.15) is 162 Å². The Morgan fingerprint density at radius 1 is 0.633 bits per heavy atom. The van der Waals surface area contributed by atoms with Gasteiger partial charge in [0.05, 0.1) is 0 Å². The number of unbranched alkanes of at least 4 members (excludes halogenated alkanes) is 16. The Morgan fingerprint density at radius 2 is 1.00 bits per heavy atom. The molecule has 0 spiro atoms. The zero-order chi connectivity index (χ0) is 21.7. The van der Waals surface area contributed by atoms with Crippen molar-refractivity contribution in [1.29, 1.82) is 0 Å². The summed E-state index contributed by atoms with van der Waals surface area (Å²) in [5.41, 5.74) is 0. The Bertz CT molecular complexity index is 375. The molecule has 1 atom stereocenters. The van der Waals surface area contributed by atoms with Crippen LogP contribution >= 0.6 is 0 Å². The minimum atomic E-state index is 0.0779. The third-order valence-electron chi connectivity index (χ3n) is 6.71. The average Bonchev–Trinajstić information content (AvgIpc) is 3.54. The lowest BCUT2D eigenvalue weighted by Gasteiger charge is -2.16. The molecule has 1 fully saturated rings. The molecule has 0 radical (unpaired) electrons. The fourth-order valence-electron chi connectivity index (χ4n) is 4.49. The Balaban J connectivity index is 2.07. The fourth-order valence-corrected chi connectivity index (χ4v) is 4.49. The molecule has 1 aliphatic rings. The lowest BCUT2D eigenvalue weighted by atomic mass is 9.91. The molecule has 0 aromatic heterocycles. The van der Waals surface area contributed by atoms with E-state index in [4.69, 9.17) is 4.74 Å². The first-order valence-corrected chi connectivity index (χ1v) is 14.0. The number of hydrogen-bond acceptors (Lipinski definition) is 2. The van der Waals surface area contributed by atoms with Gasteiger partial charge < -0.3 is 4.74 Å². The largest absolute Gasteiger partial charge is 0.462 e. The van der Waals surface area contributed by atoms with Crippen LogP contribution in [0.15, 0.2) is 0 Å². The normalized spacial score (nSPS) is 14.7. The smallest absolute Gasteiger partial charge is 0.306 e. The summed E-state index contributed by atoms with van der Waals surface area (Å²) >= 11 is 0. The van der Waals surface area contributed by atoms with Crippen molar-refractivity contribution in [1.82, 2.24) is 0 Å². The third kappa shape index (κ3) is 18.3. The molecule has 1 unspecified atom stereocenters. The van der Waals surface area contributed by atoms with Crippen LogP contribution in [0, 0.1) is 5.92 Å². The Hall–Kier alpha value is -0.530. The highest BCUT2D eigenvalue weighted by atomic mass is 16.5. The molecule has 0 saturated heterocycles. The molecule has 0 N–H and O–H groups in total. The summed E-state index contributed by atoms with van der Waals surface area (Å²) in [5, 5.41) is 0. The molecular weight excluding hydrogens is 368 g/mol. The van der Waals surface area contributed by atoms with Crippen molar-refractivity contribution < 1.29 is 9.53 Å². The van der Waals surface area contributed by atoms with Crippen molar-refractivity contribution in [2.24, 2.45) is 5.92 Å². The lowest BCUT2D eigenvalue weighted by molar-refractivity contribution is -0.146. The van der Waals surface area contributed by atoms with Crippen LogP contribution in [0.5, 0.6) is 0 Å². The summed E-state index contributed by atoms with van der Waals surface area (Å²) < 4.78 is 5.53. The van der Waals surface area contributed by atoms with Gasteiger partial charge in [-0.15, -0.1) is 0 Å². The van der Waals surface area contributed by atoms with Gasteiger partial charge in [0, 0.05) is 6.42 Å². The van der Waals surface area contributed by atoms with Crippen molar-refractivity contribution in [3.05, 3.63) is 0 Å². The van der Waals surface area contributed by atoms with Gasteiger partial charge in [-0.1, -0.05) is 129 Å². The van der Waals surface area contributed by atoms with E-state index in [1.807, 2.05) is 0 Å². The second-order valence-electron chi connectivity index (χ2n) is 9.99. The topological polar surface area (TPSA) is 26.3 Å². The van der Waals surface area contributed by atoms with Gasteiger partial charge in [-0.3, -0.25) is 4.79 Å². The molecule has 2 heteroatoms. The van der Waals surface area contributed by atoms with Gasteiger partial charge in [-0.2, -0.15) is 0 Å². The van der Waals surface area contributed by atoms with Gasteiger partial charge in [-0.05, 0) is 31.6 Å². The molecule has 30 heavy (non-hydrogen) atoms. The SMILES string of the molecule is CCCCCCCCCCCCC(CCCCCCCCCC)CC(=O)OC1CC1. The molecule has 1 rings (SSSR count). The maximum atomic E-state index is 12.2. The van der Waals surface area contributed by atoms with Crippen LogP contribution in [-0.4, -0.2) is 12.1 Å². The van der Waals surface area contributed by atoms with E-state index in [2.05, 4.69) is 13.8 Å². The minimum absolute atomic E-state index is 0.0779. The molecular formula is C28H54O2. The standard InChI is InChI=1S/C28H54O2/c1-3-5-7-9-11-13-14-16-18-20-22-26(25-28(29)30-27-23-24-27)21-19-17-15-12-10-8-6-4-2/h26-27H,3-25H2,1-2H3. The Labute approximate surface area is 189 Å². The maximum Gasteiger partial charge on any atom is 0.306 e. The van der Waals surface area contributed by atoms with E-state index in [1.165, 1.54) is 128 Å².